The number of amides is 2. The first kappa shape index (κ1) is 27.9. The van der Waals surface area contributed by atoms with E-state index in [1.807, 2.05) is 30.0 Å². The zero-order valence-corrected chi connectivity index (χ0v) is 24.4. The van der Waals surface area contributed by atoms with Gasteiger partial charge >= 0.3 is 0 Å². The Labute approximate surface area is 230 Å². The quantitative estimate of drug-likeness (QED) is 0.409. The summed E-state index contributed by atoms with van der Waals surface area (Å²) in [7, 11) is -1.53. The summed E-state index contributed by atoms with van der Waals surface area (Å²) in [6.07, 6.45) is 6.71. The lowest BCUT2D eigenvalue weighted by molar-refractivity contribution is -0.145. The second-order valence-corrected chi connectivity index (χ2v) is 15.6. The van der Waals surface area contributed by atoms with Gasteiger partial charge in [-0.25, -0.2) is 0 Å². The number of rotatable bonds is 7. The van der Waals surface area contributed by atoms with Gasteiger partial charge in [0.15, 0.2) is 5.60 Å². The van der Waals surface area contributed by atoms with Gasteiger partial charge in [-0.1, -0.05) is 25.0 Å². The SMILES string of the molecule is C[C@@H]1[C@@H]([Si](C)(C)F)[C@H](CCn2cc(CCO)nn2)O[C@@]12C(=O)N(C)c1ccc(N3CCCCCCC3=O)cc12. The third-order valence-electron chi connectivity index (χ3n) is 8.81. The lowest BCUT2D eigenvalue weighted by Crippen LogP contribution is -2.44. The van der Waals surface area contributed by atoms with Gasteiger partial charge in [0.25, 0.3) is 5.91 Å². The van der Waals surface area contributed by atoms with E-state index in [0.717, 1.165) is 42.6 Å². The number of anilines is 2. The highest BCUT2D eigenvalue weighted by Gasteiger charge is 2.66. The van der Waals surface area contributed by atoms with Crippen molar-refractivity contribution < 1.29 is 23.5 Å². The van der Waals surface area contributed by atoms with Crippen LogP contribution in [0.25, 0.3) is 0 Å². The molecule has 1 N–H and O–H groups in total. The zero-order chi connectivity index (χ0) is 27.9. The number of aliphatic hydroxyl groups excluding tert-OH is 1. The Kier molecular flexibility index (Phi) is 7.69. The number of likely N-dealkylation sites (N-methyl/N-ethyl adjacent to an activating group) is 1. The minimum absolute atomic E-state index is 0.00572. The van der Waals surface area contributed by atoms with E-state index in [0.29, 0.717) is 38.0 Å². The second-order valence-electron chi connectivity index (χ2n) is 11.8. The van der Waals surface area contributed by atoms with Crippen LogP contribution in [-0.2, 0) is 32.9 Å². The van der Waals surface area contributed by atoms with Crippen molar-refractivity contribution in [1.29, 1.82) is 0 Å². The largest absolute Gasteiger partial charge is 0.396 e. The highest BCUT2D eigenvalue weighted by atomic mass is 28.4. The molecule has 3 aliphatic heterocycles. The van der Waals surface area contributed by atoms with Crippen LogP contribution in [0.5, 0.6) is 0 Å². The molecular formula is C28H40FN5O4Si. The van der Waals surface area contributed by atoms with Crippen LogP contribution in [0.2, 0.25) is 18.6 Å². The summed E-state index contributed by atoms with van der Waals surface area (Å²) in [6, 6.07) is 5.76. The van der Waals surface area contributed by atoms with Gasteiger partial charge in [-0.2, -0.15) is 0 Å². The lowest BCUT2D eigenvalue weighted by atomic mass is 9.82. The second kappa shape index (κ2) is 10.7. The van der Waals surface area contributed by atoms with Crippen molar-refractivity contribution in [2.45, 2.75) is 88.8 Å². The van der Waals surface area contributed by atoms with Crippen LogP contribution in [0.15, 0.2) is 24.4 Å². The monoisotopic (exact) mass is 557 g/mol. The molecule has 4 atom stereocenters. The molecule has 212 valence electrons. The molecule has 0 bridgehead atoms. The highest BCUT2D eigenvalue weighted by Crippen LogP contribution is 2.60. The fourth-order valence-corrected chi connectivity index (χ4v) is 9.49. The van der Waals surface area contributed by atoms with Crippen molar-refractivity contribution >= 4 is 31.6 Å². The van der Waals surface area contributed by atoms with Crippen LogP contribution in [0, 0.1) is 5.92 Å². The third-order valence-corrected chi connectivity index (χ3v) is 11.3. The Morgan fingerprint density at radius 3 is 2.72 bits per heavy atom. The molecule has 0 saturated carbocycles. The standard InChI is InChI=1S/C28H40FN5O4Si/c1-19-26(39(3,4)29)24(12-15-33-18-20(13-16-35)30-31-33)38-28(19)22-17-21(10-11-23(22)32(2)27(28)37)34-14-8-6-5-7-9-25(34)36/h10-11,17-19,24,26,35H,5-9,12-16H2,1-4H3/t19-,24+,26-,28+/m1/s1. The first-order chi connectivity index (χ1) is 18.6. The van der Waals surface area contributed by atoms with Crippen molar-refractivity contribution in [2.24, 2.45) is 5.92 Å². The number of hydrogen-bond acceptors (Lipinski definition) is 6. The summed E-state index contributed by atoms with van der Waals surface area (Å²) < 4.78 is 24.4. The average Bonchev–Trinajstić information content (AvgIpc) is 3.51. The molecule has 4 heterocycles. The third kappa shape index (κ3) is 4.93. The molecular weight excluding hydrogens is 517 g/mol. The molecule has 1 aromatic heterocycles. The molecule has 3 aliphatic rings. The maximum Gasteiger partial charge on any atom is 0.264 e. The van der Waals surface area contributed by atoms with E-state index in [1.165, 1.54) is 0 Å². The molecule has 2 fully saturated rings. The van der Waals surface area contributed by atoms with Gasteiger partial charge in [0.1, 0.15) is 0 Å². The lowest BCUT2D eigenvalue weighted by Gasteiger charge is -2.31. The van der Waals surface area contributed by atoms with E-state index in [2.05, 4.69) is 10.3 Å². The van der Waals surface area contributed by atoms with Crippen LogP contribution in [0.1, 0.15) is 56.7 Å². The fraction of sp³-hybridized carbons (Fsp3) is 0.643. The van der Waals surface area contributed by atoms with E-state index in [4.69, 9.17) is 4.74 Å². The van der Waals surface area contributed by atoms with Crippen molar-refractivity contribution in [2.75, 3.05) is 30.0 Å². The van der Waals surface area contributed by atoms with Crippen molar-refractivity contribution in [3.8, 4) is 0 Å². The summed E-state index contributed by atoms with van der Waals surface area (Å²) in [4.78, 5) is 30.5. The van der Waals surface area contributed by atoms with Crippen LogP contribution in [0.3, 0.4) is 0 Å². The zero-order valence-electron chi connectivity index (χ0n) is 23.4. The summed E-state index contributed by atoms with van der Waals surface area (Å²) in [5, 5.41) is 17.4. The fourth-order valence-electron chi connectivity index (χ4n) is 6.95. The predicted molar refractivity (Wildman–Crippen MR) is 149 cm³/mol. The Morgan fingerprint density at radius 2 is 1.97 bits per heavy atom. The van der Waals surface area contributed by atoms with Crippen LogP contribution >= 0.6 is 0 Å². The molecule has 0 radical (unpaired) electrons. The molecule has 2 amide bonds. The summed E-state index contributed by atoms with van der Waals surface area (Å²) in [5.74, 6) is -0.467. The first-order valence-electron chi connectivity index (χ1n) is 14.2. The Morgan fingerprint density at radius 1 is 1.21 bits per heavy atom. The van der Waals surface area contributed by atoms with E-state index in [9.17, 15) is 14.7 Å². The van der Waals surface area contributed by atoms with E-state index < -0.39 is 25.7 Å². The number of hydrogen-bond donors (Lipinski definition) is 1. The van der Waals surface area contributed by atoms with Gasteiger partial charge < -0.3 is 23.8 Å². The van der Waals surface area contributed by atoms with E-state index in [1.54, 1.807) is 35.9 Å². The number of carbonyl (C=O) groups excluding carboxylic acids is 2. The van der Waals surface area contributed by atoms with Gasteiger partial charge in [-0.05, 0) is 50.6 Å². The Balaban J connectivity index is 1.50. The maximum absolute atomic E-state index is 16.0. The van der Waals surface area contributed by atoms with Gasteiger partial charge in [-0.15, -0.1) is 5.10 Å². The van der Waals surface area contributed by atoms with Crippen LogP contribution < -0.4 is 9.80 Å². The molecule has 1 aromatic carbocycles. The summed E-state index contributed by atoms with van der Waals surface area (Å²) in [5.41, 5.74) is 1.23. The number of halogens is 1. The number of benzene rings is 1. The minimum Gasteiger partial charge on any atom is -0.396 e. The van der Waals surface area contributed by atoms with Crippen LogP contribution in [0.4, 0.5) is 15.5 Å². The van der Waals surface area contributed by atoms with Crippen molar-refractivity contribution in [3.05, 3.63) is 35.7 Å². The molecule has 2 aromatic rings. The molecule has 11 heteroatoms. The highest BCUT2D eigenvalue weighted by molar-refractivity contribution is 6.72. The first-order valence-corrected chi connectivity index (χ1v) is 17.1. The van der Waals surface area contributed by atoms with Crippen LogP contribution in [-0.4, -0.2) is 66.6 Å². The normalized spacial score (nSPS) is 27.8. The number of carbonyl (C=O) groups is 2. The van der Waals surface area contributed by atoms with Gasteiger partial charge in [0, 0.05) is 68.5 Å². The van der Waals surface area contributed by atoms with E-state index >= 15 is 4.11 Å². The molecule has 5 rings (SSSR count). The van der Waals surface area contributed by atoms with Crippen molar-refractivity contribution in [3.63, 3.8) is 0 Å². The summed E-state index contributed by atoms with van der Waals surface area (Å²) in [6.45, 7) is 6.44. The number of ether oxygens (including phenoxy) is 1. The van der Waals surface area contributed by atoms with Gasteiger partial charge in [0.05, 0.1) is 17.5 Å². The average molecular weight is 558 g/mol. The molecule has 2 saturated heterocycles. The molecule has 9 nitrogen and oxygen atoms in total. The number of nitrogens with zero attached hydrogens (tertiary/aromatic N) is 5. The van der Waals surface area contributed by atoms with Gasteiger partial charge in [-0.3, -0.25) is 14.3 Å². The number of aromatic nitrogens is 3. The number of aryl methyl sites for hydroxylation is 1. The molecule has 1 spiro atoms. The number of fused-ring (bicyclic) bond motifs is 2. The Hall–Kier alpha value is -2.63. The van der Waals surface area contributed by atoms with E-state index in [-0.39, 0.29) is 24.3 Å². The maximum atomic E-state index is 16.0. The van der Waals surface area contributed by atoms with Gasteiger partial charge in [0.2, 0.25) is 14.3 Å². The predicted octanol–water partition coefficient (Wildman–Crippen LogP) is 3.95. The minimum atomic E-state index is -3.27. The molecule has 0 unspecified atom stereocenters. The van der Waals surface area contributed by atoms with Crippen molar-refractivity contribution in [1.82, 2.24) is 15.0 Å². The smallest absolute Gasteiger partial charge is 0.264 e. The topological polar surface area (TPSA) is 101 Å². The Bertz CT molecular complexity index is 1230. The number of aliphatic hydroxyl groups is 1. The summed E-state index contributed by atoms with van der Waals surface area (Å²) >= 11 is 0. The molecule has 39 heavy (non-hydrogen) atoms. The molecule has 0 aliphatic carbocycles.